The summed E-state index contributed by atoms with van der Waals surface area (Å²) in [7, 11) is -3.58. The van der Waals surface area contributed by atoms with Crippen molar-refractivity contribution in [1.82, 2.24) is 9.62 Å². The van der Waals surface area contributed by atoms with Gasteiger partial charge in [-0.1, -0.05) is 29.8 Å². The van der Waals surface area contributed by atoms with Crippen molar-refractivity contribution in [3.8, 4) is 5.75 Å². The quantitative estimate of drug-likeness (QED) is 0.895. The molecule has 25 heavy (non-hydrogen) atoms. The number of sulfonamides is 1. The lowest BCUT2D eigenvalue weighted by molar-refractivity contribution is 0.175. The molecule has 0 spiro atoms. The molecule has 0 saturated heterocycles. The number of aliphatic imine (C=N–C) groups is 1. The second-order valence-electron chi connectivity index (χ2n) is 5.54. The molecule has 2 heterocycles. The fourth-order valence-corrected chi connectivity index (χ4v) is 4.48. The summed E-state index contributed by atoms with van der Waals surface area (Å²) in [6.07, 6.45) is 2.43. The second kappa shape index (κ2) is 6.09. The molecule has 0 aliphatic carbocycles. The largest absolute Gasteiger partial charge is 0.451 e. The van der Waals surface area contributed by atoms with Gasteiger partial charge in [-0.3, -0.25) is 0 Å². The summed E-state index contributed by atoms with van der Waals surface area (Å²) < 4.78 is 32.5. The van der Waals surface area contributed by atoms with Crippen LogP contribution in [-0.4, -0.2) is 25.3 Å². The van der Waals surface area contributed by atoms with Gasteiger partial charge in [-0.15, -0.1) is 0 Å². The van der Waals surface area contributed by atoms with Crippen LogP contribution in [0.3, 0.4) is 0 Å². The van der Waals surface area contributed by atoms with Crippen LogP contribution in [0.2, 0.25) is 5.02 Å². The van der Waals surface area contributed by atoms with Crippen LogP contribution in [0.25, 0.3) is 0 Å². The molecule has 1 unspecified atom stereocenters. The molecule has 2 aliphatic rings. The van der Waals surface area contributed by atoms with Crippen LogP contribution >= 0.6 is 11.6 Å². The van der Waals surface area contributed by atoms with Crippen LogP contribution in [-0.2, 0) is 16.6 Å². The Balaban J connectivity index is 1.54. The number of allylic oxidation sites excluding steroid dienone is 1. The third-order valence-electron chi connectivity index (χ3n) is 3.91. The Kier molecular flexibility index (Phi) is 3.89. The predicted octanol–water partition coefficient (Wildman–Crippen LogP) is 2.72. The van der Waals surface area contributed by atoms with Crippen molar-refractivity contribution in [2.75, 3.05) is 0 Å². The number of ether oxygens (including phenoxy) is 1. The van der Waals surface area contributed by atoms with Gasteiger partial charge in [0.15, 0.2) is 0 Å². The van der Waals surface area contributed by atoms with Crippen molar-refractivity contribution in [3.63, 3.8) is 0 Å². The van der Waals surface area contributed by atoms with Gasteiger partial charge in [-0.2, -0.15) is 0 Å². The molecule has 2 aliphatic heterocycles. The fourth-order valence-electron chi connectivity index (χ4n) is 2.72. The number of rotatable bonds is 3. The lowest BCUT2D eigenvalue weighted by atomic mass is 10.2. The average molecular weight is 376 g/mol. The highest BCUT2D eigenvalue weighted by atomic mass is 35.5. The molecule has 1 N–H and O–H groups in total. The number of hydrogen-bond acceptors (Lipinski definition) is 5. The first-order chi connectivity index (χ1) is 12.0. The molecule has 0 radical (unpaired) electrons. The first-order valence-electron chi connectivity index (χ1n) is 7.57. The summed E-state index contributed by atoms with van der Waals surface area (Å²) in [4.78, 5) is 4.51. The highest BCUT2D eigenvalue weighted by molar-refractivity contribution is 7.89. The van der Waals surface area contributed by atoms with Gasteiger partial charge < -0.3 is 10.1 Å². The van der Waals surface area contributed by atoms with Crippen molar-refractivity contribution in [3.05, 3.63) is 71.0 Å². The van der Waals surface area contributed by atoms with E-state index in [1.54, 1.807) is 42.5 Å². The molecule has 0 amide bonds. The summed E-state index contributed by atoms with van der Waals surface area (Å²) in [6.45, 7) is 0.277. The van der Waals surface area contributed by atoms with Crippen LogP contribution in [0.4, 0.5) is 0 Å². The third kappa shape index (κ3) is 2.96. The SMILES string of the molecule is O=S1(=O)c2ccccc2CN1C1=CC=NC(Oc2ccc(Cl)cc2)N1. The minimum atomic E-state index is -3.58. The predicted molar refractivity (Wildman–Crippen MR) is 94.7 cm³/mol. The zero-order chi connectivity index (χ0) is 17.4. The van der Waals surface area contributed by atoms with Crippen LogP contribution in [0.1, 0.15) is 5.56 Å². The van der Waals surface area contributed by atoms with Gasteiger partial charge in [0.2, 0.25) is 0 Å². The van der Waals surface area contributed by atoms with Crippen LogP contribution in [0, 0.1) is 0 Å². The van der Waals surface area contributed by atoms with Gasteiger partial charge in [0, 0.05) is 11.2 Å². The number of nitrogens with zero attached hydrogens (tertiary/aromatic N) is 2. The van der Waals surface area contributed by atoms with Gasteiger partial charge in [0.05, 0.1) is 11.4 Å². The van der Waals surface area contributed by atoms with Crippen molar-refractivity contribution in [2.24, 2.45) is 4.99 Å². The number of hydrogen-bond donors (Lipinski definition) is 1. The highest BCUT2D eigenvalue weighted by Crippen LogP contribution is 2.32. The first kappa shape index (κ1) is 16.0. The summed E-state index contributed by atoms with van der Waals surface area (Å²) in [5.41, 5.74) is 0.767. The third-order valence-corrected chi connectivity index (χ3v) is 6.02. The number of benzene rings is 2. The molecular weight excluding hydrogens is 362 g/mol. The maximum absolute atomic E-state index is 12.7. The lowest BCUT2D eigenvalue weighted by Crippen LogP contribution is -2.41. The van der Waals surface area contributed by atoms with Crippen molar-refractivity contribution in [1.29, 1.82) is 0 Å². The van der Waals surface area contributed by atoms with E-state index in [4.69, 9.17) is 16.3 Å². The van der Waals surface area contributed by atoms with Gasteiger partial charge in [0.1, 0.15) is 11.6 Å². The first-order valence-corrected chi connectivity index (χ1v) is 9.39. The maximum atomic E-state index is 12.7. The Hall–Kier alpha value is -2.51. The molecule has 128 valence electrons. The molecule has 0 saturated carbocycles. The highest BCUT2D eigenvalue weighted by Gasteiger charge is 2.36. The molecule has 6 nitrogen and oxygen atoms in total. The lowest BCUT2D eigenvalue weighted by Gasteiger charge is -2.27. The van der Waals surface area contributed by atoms with E-state index in [1.807, 2.05) is 12.1 Å². The second-order valence-corrected chi connectivity index (χ2v) is 7.81. The fraction of sp³-hybridized carbons (Fsp3) is 0.118. The summed E-state index contributed by atoms with van der Waals surface area (Å²) in [5, 5.41) is 3.61. The van der Waals surface area contributed by atoms with Crippen molar-refractivity contribution >= 4 is 27.8 Å². The van der Waals surface area contributed by atoms with E-state index in [2.05, 4.69) is 10.3 Å². The van der Waals surface area contributed by atoms with E-state index in [0.717, 1.165) is 5.56 Å². The van der Waals surface area contributed by atoms with E-state index in [-0.39, 0.29) is 6.54 Å². The van der Waals surface area contributed by atoms with Gasteiger partial charge in [0.25, 0.3) is 16.4 Å². The molecule has 8 heteroatoms. The zero-order valence-electron chi connectivity index (χ0n) is 13.0. The van der Waals surface area contributed by atoms with Crippen LogP contribution in [0.15, 0.2) is 70.3 Å². The van der Waals surface area contributed by atoms with E-state index in [9.17, 15) is 8.42 Å². The van der Waals surface area contributed by atoms with E-state index >= 15 is 0 Å². The number of halogens is 1. The van der Waals surface area contributed by atoms with Gasteiger partial charge in [-0.05, 0) is 42.0 Å². The Labute approximate surface area is 150 Å². The number of nitrogens with one attached hydrogen (secondary N) is 1. The topological polar surface area (TPSA) is 71.0 Å². The summed E-state index contributed by atoms with van der Waals surface area (Å²) >= 11 is 5.86. The van der Waals surface area contributed by atoms with E-state index in [1.165, 1.54) is 10.5 Å². The molecule has 0 fully saturated rings. The summed E-state index contributed by atoms with van der Waals surface area (Å²) in [6, 6.07) is 13.8. The van der Waals surface area contributed by atoms with Gasteiger partial charge >= 0.3 is 0 Å². The molecular formula is C17H14ClN3O3S. The standard InChI is InChI=1S/C17H14ClN3O3S/c18-13-5-7-14(8-6-13)24-17-19-10-9-16(20-17)21-11-12-3-1-2-4-15(12)25(21,22)23/h1-10,17,20H,11H2. The smallest absolute Gasteiger partial charge is 0.269 e. The normalized spacial score (nSPS) is 20.6. The Morgan fingerprint density at radius 2 is 1.92 bits per heavy atom. The Morgan fingerprint density at radius 3 is 2.68 bits per heavy atom. The molecule has 0 aromatic heterocycles. The minimum Gasteiger partial charge on any atom is -0.451 e. The van der Waals surface area contributed by atoms with E-state index < -0.39 is 16.4 Å². The minimum absolute atomic E-state index is 0.277. The number of fused-ring (bicyclic) bond motifs is 1. The molecule has 0 bridgehead atoms. The molecule has 1 atom stereocenters. The molecule has 4 rings (SSSR count). The monoisotopic (exact) mass is 375 g/mol. The van der Waals surface area contributed by atoms with Crippen molar-refractivity contribution < 1.29 is 13.2 Å². The molecule has 2 aromatic carbocycles. The van der Waals surface area contributed by atoms with Crippen LogP contribution in [0.5, 0.6) is 5.75 Å². The van der Waals surface area contributed by atoms with E-state index in [0.29, 0.717) is 21.5 Å². The average Bonchev–Trinajstić information content (AvgIpc) is 2.89. The van der Waals surface area contributed by atoms with Gasteiger partial charge in [-0.25, -0.2) is 17.7 Å². The Bertz CT molecular complexity index is 971. The zero-order valence-corrected chi connectivity index (χ0v) is 14.5. The van der Waals surface area contributed by atoms with Crippen molar-refractivity contribution in [2.45, 2.75) is 17.8 Å². The summed E-state index contributed by atoms with van der Waals surface area (Å²) in [5.74, 6) is 0.998. The molecule has 2 aromatic rings. The Morgan fingerprint density at radius 1 is 1.16 bits per heavy atom. The maximum Gasteiger partial charge on any atom is 0.269 e. The van der Waals surface area contributed by atoms with Crippen LogP contribution < -0.4 is 10.1 Å².